The van der Waals surface area contributed by atoms with Crippen molar-refractivity contribution >= 4 is 18.3 Å². The topological polar surface area (TPSA) is 77.1 Å². The van der Waals surface area contributed by atoms with Crippen molar-refractivity contribution in [2.24, 2.45) is 5.73 Å². The molecule has 1 atom stereocenters. The van der Waals surface area contributed by atoms with E-state index in [1.54, 1.807) is 22.9 Å². The van der Waals surface area contributed by atoms with Crippen molar-refractivity contribution in [3.63, 3.8) is 0 Å². The van der Waals surface area contributed by atoms with Crippen LogP contribution in [0, 0.1) is 0 Å². The minimum absolute atomic E-state index is 0. The number of benzene rings is 1. The number of aromatic nitrogens is 1. The summed E-state index contributed by atoms with van der Waals surface area (Å²) in [5.41, 5.74) is 7.80. The number of rotatable bonds is 7. The molecular weight excluding hydrogens is 326 g/mol. The van der Waals surface area contributed by atoms with Gasteiger partial charge in [0.15, 0.2) is 0 Å². The monoisotopic (exact) mass is 349 g/mol. The molecule has 2 aromatic rings. The molecule has 5 nitrogen and oxygen atoms in total. The molecule has 1 aromatic carbocycles. The van der Waals surface area contributed by atoms with Gasteiger partial charge in [-0.25, -0.2) is 0 Å². The van der Waals surface area contributed by atoms with E-state index >= 15 is 0 Å². The lowest BCUT2D eigenvalue weighted by atomic mass is 10.1. The summed E-state index contributed by atoms with van der Waals surface area (Å²) in [6.07, 6.45) is 3.35. The largest absolute Gasteiger partial charge is 0.351 e. The molecular formula is C18H24ClN3O2. The maximum atomic E-state index is 11.8. The highest BCUT2D eigenvalue weighted by Crippen LogP contribution is 2.06. The molecule has 2 rings (SSSR count). The second-order valence-electron chi connectivity index (χ2n) is 5.60. The number of carbonyl (C=O) groups is 1. The van der Waals surface area contributed by atoms with E-state index in [0.29, 0.717) is 19.5 Å². The first-order valence-corrected chi connectivity index (χ1v) is 7.86. The van der Waals surface area contributed by atoms with Crippen molar-refractivity contribution in [2.75, 3.05) is 0 Å². The van der Waals surface area contributed by atoms with Crippen LogP contribution < -0.4 is 16.6 Å². The van der Waals surface area contributed by atoms with Crippen molar-refractivity contribution in [3.05, 3.63) is 70.1 Å². The maximum absolute atomic E-state index is 11.8. The van der Waals surface area contributed by atoms with E-state index < -0.39 is 6.04 Å². The summed E-state index contributed by atoms with van der Waals surface area (Å²) in [5, 5.41) is 2.84. The Bertz CT molecular complexity index is 698. The number of hydrogen-bond acceptors (Lipinski definition) is 3. The van der Waals surface area contributed by atoms with Crippen LogP contribution in [0.4, 0.5) is 0 Å². The summed E-state index contributed by atoms with van der Waals surface area (Å²) < 4.78 is 1.65. The minimum Gasteiger partial charge on any atom is -0.351 e. The highest BCUT2D eigenvalue weighted by molar-refractivity contribution is 5.85. The second-order valence-corrected chi connectivity index (χ2v) is 5.60. The summed E-state index contributed by atoms with van der Waals surface area (Å²) in [6.45, 7) is 3.00. The molecule has 130 valence electrons. The number of halogens is 1. The Morgan fingerprint density at radius 2 is 1.83 bits per heavy atom. The Balaban J connectivity index is 0.00000288. The van der Waals surface area contributed by atoms with E-state index in [-0.39, 0.29) is 23.9 Å². The first kappa shape index (κ1) is 19.9. The van der Waals surface area contributed by atoms with E-state index in [2.05, 4.69) is 5.32 Å². The molecule has 3 N–H and O–H groups in total. The molecule has 0 aliphatic rings. The lowest BCUT2D eigenvalue weighted by Gasteiger charge is -2.11. The quantitative estimate of drug-likeness (QED) is 0.803. The summed E-state index contributed by atoms with van der Waals surface area (Å²) in [7, 11) is 0. The van der Waals surface area contributed by atoms with Crippen LogP contribution in [0.25, 0.3) is 0 Å². The number of hydrogen-bond donors (Lipinski definition) is 2. The zero-order valence-electron chi connectivity index (χ0n) is 13.8. The van der Waals surface area contributed by atoms with Crippen molar-refractivity contribution in [1.82, 2.24) is 9.88 Å². The highest BCUT2D eigenvalue weighted by Gasteiger charge is 2.11. The molecule has 6 heteroatoms. The lowest BCUT2D eigenvalue weighted by molar-refractivity contribution is -0.122. The van der Waals surface area contributed by atoms with Gasteiger partial charge >= 0.3 is 0 Å². The van der Waals surface area contributed by atoms with Crippen molar-refractivity contribution in [3.8, 4) is 0 Å². The Hall–Kier alpha value is -2.11. The van der Waals surface area contributed by atoms with Gasteiger partial charge in [0.1, 0.15) is 0 Å². The number of pyridine rings is 1. The third-order valence-electron chi connectivity index (χ3n) is 3.68. The van der Waals surface area contributed by atoms with Gasteiger partial charge in [-0.1, -0.05) is 43.7 Å². The molecule has 0 saturated heterocycles. The van der Waals surface area contributed by atoms with Gasteiger partial charge in [0, 0.05) is 18.8 Å². The van der Waals surface area contributed by atoms with Crippen LogP contribution in [0.15, 0.2) is 53.5 Å². The molecule has 1 amide bonds. The summed E-state index contributed by atoms with van der Waals surface area (Å²) in [5.74, 6) is -0.119. The van der Waals surface area contributed by atoms with Crippen LogP contribution in [0.5, 0.6) is 0 Å². The molecule has 0 saturated carbocycles. The maximum Gasteiger partial charge on any atom is 0.250 e. The van der Waals surface area contributed by atoms with Gasteiger partial charge in [-0.05, 0) is 23.6 Å². The van der Waals surface area contributed by atoms with Gasteiger partial charge in [0.25, 0.3) is 5.56 Å². The van der Waals surface area contributed by atoms with Crippen LogP contribution in [0.3, 0.4) is 0 Å². The fourth-order valence-electron chi connectivity index (χ4n) is 2.31. The average Bonchev–Trinajstić information content (AvgIpc) is 2.56. The molecule has 0 aliphatic heterocycles. The molecule has 0 bridgehead atoms. The third-order valence-corrected chi connectivity index (χ3v) is 3.68. The fourth-order valence-corrected chi connectivity index (χ4v) is 2.31. The molecule has 0 radical (unpaired) electrons. The molecule has 1 heterocycles. The molecule has 0 aliphatic carbocycles. The Kier molecular flexibility index (Phi) is 8.22. The number of carbonyl (C=O) groups excluding carboxylic acids is 1. The zero-order valence-corrected chi connectivity index (χ0v) is 14.6. The number of nitrogens with two attached hydrogens (primary N) is 1. The van der Waals surface area contributed by atoms with Gasteiger partial charge < -0.3 is 15.6 Å². The SMILES string of the molecule is CCCC(N)C(=O)NCc1ccc(Cn2ccccc2=O)cc1.Cl. The van der Waals surface area contributed by atoms with Gasteiger partial charge in [-0.2, -0.15) is 0 Å². The van der Waals surface area contributed by atoms with Crippen molar-refractivity contribution < 1.29 is 4.79 Å². The Morgan fingerprint density at radius 1 is 1.17 bits per heavy atom. The Labute approximate surface area is 148 Å². The smallest absolute Gasteiger partial charge is 0.250 e. The van der Waals surface area contributed by atoms with E-state index in [0.717, 1.165) is 17.5 Å². The standard InChI is InChI=1S/C18H23N3O2.ClH/c1-2-5-16(19)18(23)20-12-14-7-9-15(10-8-14)13-21-11-4-3-6-17(21)22;/h3-4,6-11,16H,2,5,12-13,19H2,1H3,(H,20,23);1H. The fraction of sp³-hybridized carbons (Fsp3) is 0.333. The molecule has 1 aromatic heterocycles. The predicted octanol–water partition coefficient (Wildman–Crippen LogP) is 2.06. The van der Waals surface area contributed by atoms with Gasteiger partial charge in [0.2, 0.25) is 5.91 Å². The van der Waals surface area contributed by atoms with Crippen molar-refractivity contribution in [1.29, 1.82) is 0 Å². The highest BCUT2D eigenvalue weighted by atomic mass is 35.5. The van der Waals surface area contributed by atoms with Gasteiger partial charge in [-0.15, -0.1) is 12.4 Å². The van der Waals surface area contributed by atoms with E-state index in [1.165, 1.54) is 0 Å². The van der Waals surface area contributed by atoms with Crippen molar-refractivity contribution in [2.45, 2.75) is 38.9 Å². The minimum atomic E-state index is -0.441. The van der Waals surface area contributed by atoms with Crippen LogP contribution in [-0.4, -0.2) is 16.5 Å². The van der Waals surface area contributed by atoms with Gasteiger partial charge in [0.05, 0.1) is 12.6 Å². The first-order chi connectivity index (χ1) is 11.1. The first-order valence-electron chi connectivity index (χ1n) is 7.86. The van der Waals surface area contributed by atoms with Crippen LogP contribution in [0.2, 0.25) is 0 Å². The van der Waals surface area contributed by atoms with Crippen LogP contribution in [-0.2, 0) is 17.9 Å². The normalized spacial score (nSPS) is 11.4. The number of amides is 1. The van der Waals surface area contributed by atoms with Gasteiger partial charge in [-0.3, -0.25) is 9.59 Å². The molecule has 0 fully saturated rings. The molecule has 1 unspecified atom stereocenters. The lowest BCUT2D eigenvalue weighted by Crippen LogP contribution is -2.40. The summed E-state index contributed by atoms with van der Waals surface area (Å²) in [6, 6.07) is 12.5. The molecule has 0 spiro atoms. The van der Waals surface area contributed by atoms with E-state index in [1.807, 2.05) is 37.3 Å². The second kappa shape index (κ2) is 9.90. The van der Waals surface area contributed by atoms with Crippen LogP contribution >= 0.6 is 12.4 Å². The summed E-state index contributed by atoms with van der Waals surface area (Å²) >= 11 is 0. The van der Waals surface area contributed by atoms with E-state index in [9.17, 15) is 9.59 Å². The van der Waals surface area contributed by atoms with Crippen LogP contribution in [0.1, 0.15) is 30.9 Å². The predicted molar refractivity (Wildman–Crippen MR) is 98.2 cm³/mol. The molecule has 24 heavy (non-hydrogen) atoms. The number of nitrogens with one attached hydrogen (secondary N) is 1. The number of nitrogens with zero attached hydrogens (tertiary/aromatic N) is 1. The summed E-state index contributed by atoms with van der Waals surface area (Å²) in [4.78, 5) is 23.5. The Morgan fingerprint density at radius 3 is 2.46 bits per heavy atom. The third kappa shape index (κ3) is 5.83. The average molecular weight is 350 g/mol. The zero-order chi connectivity index (χ0) is 16.7. The van der Waals surface area contributed by atoms with E-state index in [4.69, 9.17) is 5.73 Å².